The molecule has 0 aromatic heterocycles. The van der Waals surface area contributed by atoms with Crippen LogP contribution in [0.5, 0.6) is 0 Å². The lowest BCUT2D eigenvalue weighted by molar-refractivity contribution is -0.121. The topological polar surface area (TPSA) is 32.3 Å². The van der Waals surface area contributed by atoms with Crippen molar-refractivity contribution in [2.24, 2.45) is 0 Å². The lowest BCUT2D eigenvalue weighted by Crippen LogP contribution is -2.43. The molecule has 0 bridgehead atoms. The van der Waals surface area contributed by atoms with E-state index in [2.05, 4.69) is 42.6 Å². The fourth-order valence-corrected chi connectivity index (χ4v) is 2.19. The number of fused-ring (bicyclic) bond motifs is 1. The van der Waals surface area contributed by atoms with Crippen molar-refractivity contribution in [1.29, 1.82) is 0 Å². The second-order valence-electron chi connectivity index (χ2n) is 5.11. The van der Waals surface area contributed by atoms with Crippen molar-refractivity contribution in [3.63, 3.8) is 0 Å². The zero-order valence-electron chi connectivity index (χ0n) is 12.4. The smallest absolute Gasteiger partial charge is 0.242 e. The standard InChI is InChI=1S/C17H22N2O/c1-4-11-18-17(20)13(2)19(3)16-10-9-14-7-5-6-8-15(14)12-16/h5-10,12-13H,4,11H2,1-3H3,(H,18,20). The summed E-state index contributed by atoms with van der Waals surface area (Å²) in [5.41, 5.74) is 1.06. The Balaban J connectivity index is 2.17. The zero-order chi connectivity index (χ0) is 14.5. The number of nitrogens with one attached hydrogen (secondary N) is 1. The SMILES string of the molecule is CCCNC(=O)C(C)N(C)c1ccc2ccccc2c1. The minimum atomic E-state index is -0.178. The minimum Gasteiger partial charge on any atom is -0.363 e. The summed E-state index contributed by atoms with van der Waals surface area (Å²) in [4.78, 5) is 14.0. The number of carbonyl (C=O) groups is 1. The van der Waals surface area contributed by atoms with E-state index < -0.39 is 0 Å². The summed E-state index contributed by atoms with van der Waals surface area (Å²) in [6.45, 7) is 4.72. The van der Waals surface area contributed by atoms with E-state index in [1.54, 1.807) is 0 Å². The number of carbonyl (C=O) groups excluding carboxylic acids is 1. The molecule has 2 aromatic carbocycles. The highest BCUT2D eigenvalue weighted by Gasteiger charge is 2.17. The number of hydrogen-bond acceptors (Lipinski definition) is 2. The van der Waals surface area contributed by atoms with Gasteiger partial charge in [0.25, 0.3) is 0 Å². The van der Waals surface area contributed by atoms with Gasteiger partial charge in [0.05, 0.1) is 0 Å². The number of rotatable bonds is 5. The van der Waals surface area contributed by atoms with Gasteiger partial charge in [-0.1, -0.05) is 37.3 Å². The molecule has 2 aromatic rings. The first-order valence-electron chi connectivity index (χ1n) is 7.13. The summed E-state index contributed by atoms with van der Waals surface area (Å²) in [5, 5.41) is 5.35. The molecule has 3 heteroatoms. The fraction of sp³-hybridized carbons (Fsp3) is 0.353. The largest absolute Gasteiger partial charge is 0.363 e. The number of nitrogens with zero attached hydrogens (tertiary/aromatic N) is 1. The molecular formula is C17H22N2O. The van der Waals surface area contributed by atoms with Crippen LogP contribution in [0.2, 0.25) is 0 Å². The second kappa shape index (κ2) is 6.42. The molecule has 0 radical (unpaired) electrons. The van der Waals surface area contributed by atoms with E-state index in [1.165, 1.54) is 10.8 Å². The highest BCUT2D eigenvalue weighted by atomic mass is 16.2. The van der Waals surface area contributed by atoms with Crippen LogP contribution in [0.1, 0.15) is 20.3 Å². The molecule has 1 unspecified atom stereocenters. The van der Waals surface area contributed by atoms with Crippen LogP contribution in [0.25, 0.3) is 10.8 Å². The summed E-state index contributed by atoms with van der Waals surface area (Å²) >= 11 is 0. The van der Waals surface area contributed by atoms with Gasteiger partial charge in [-0.2, -0.15) is 0 Å². The van der Waals surface area contributed by atoms with E-state index in [9.17, 15) is 4.79 Å². The van der Waals surface area contributed by atoms with Crippen molar-refractivity contribution < 1.29 is 4.79 Å². The van der Waals surface area contributed by atoms with Crippen molar-refractivity contribution >= 4 is 22.4 Å². The predicted octanol–water partition coefficient (Wildman–Crippen LogP) is 3.19. The predicted molar refractivity (Wildman–Crippen MR) is 85.1 cm³/mol. The molecule has 1 amide bonds. The average Bonchev–Trinajstić information content (AvgIpc) is 2.50. The molecule has 0 saturated heterocycles. The Morgan fingerprint density at radius 3 is 2.60 bits per heavy atom. The Morgan fingerprint density at radius 1 is 1.20 bits per heavy atom. The van der Waals surface area contributed by atoms with Crippen LogP contribution in [0, 0.1) is 0 Å². The first-order valence-corrected chi connectivity index (χ1v) is 7.13. The van der Waals surface area contributed by atoms with Crippen molar-refractivity contribution in [2.45, 2.75) is 26.3 Å². The van der Waals surface area contributed by atoms with E-state index in [0.717, 1.165) is 18.7 Å². The van der Waals surface area contributed by atoms with Crippen LogP contribution in [0.3, 0.4) is 0 Å². The lowest BCUT2D eigenvalue weighted by atomic mass is 10.1. The molecule has 20 heavy (non-hydrogen) atoms. The van der Waals surface area contributed by atoms with Crippen molar-refractivity contribution in [2.75, 3.05) is 18.5 Å². The molecular weight excluding hydrogens is 248 g/mol. The first kappa shape index (κ1) is 14.4. The molecule has 1 N–H and O–H groups in total. The maximum atomic E-state index is 12.0. The average molecular weight is 270 g/mol. The quantitative estimate of drug-likeness (QED) is 0.905. The van der Waals surface area contributed by atoms with Gasteiger partial charge in [0.2, 0.25) is 5.91 Å². The molecule has 0 saturated carbocycles. The van der Waals surface area contributed by atoms with Gasteiger partial charge in [-0.05, 0) is 36.2 Å². The Labute approximate surface area is 120 Å². The third-order valence-corrected chi connectivity index (χ3v) is 3.65. The van der Waals surface area contributed by atoms with Gasteiger partial charge in [-0.15, -0.1) is 0 Å². The van der Waals surface area contributed by atoms with Crippen LogP contribution in [-0.4, -0.2) is 25.5 Å². The highest BCUT2D eigenvalue weighted by Crippen LogP contribution is 2.22. The second-order valence-corrected chi connectivity index (χ2v) is 5.11. The van der Waals surface area contributed by atoms with Crippen LogP contribution in [-0.2, 0) is 4.79 Å². The molecule has 106 valence electrons. The highest BCUT2D eigenvalue weighted by molar-refractivity contribution is 5.88. The van der Waals surface area contributed by atoms with Gasteiger partial charge in [0.1, 0.15) is 6.04 Å². The third-order valence-electron chi connectivity index (χ3n) is 3.65. The first-order chi connectivity index (χ1) is 9.63. The van der Waals surface area contributed by atoms with Crippen LogP contribution in [0.15, 0.2) is 42.5 Å². The molecule has 0 heterocycles. The molecule has 0 aliphatic rings. The molecule has 1 atom stereocenters. The molecule has 3 nitrogen and oxygen atoms in total. The van der Waals surface area contributed by atoms with Crippen molar-refractivity contribution in [1.82, 2.24) is 5.32 Å². The normalized spacial score (nSPS) is 12.2. The van der Waals surface area contributed by atoms with Gasteiger partial charge >= 0.3 is 0 Å². The number of benzene rings is 2. The summed E-state index contributed by atoms with van der Waals surface area (Å²) in [6.07, 6.45) is 0.956. The number of hydrogen-bond donors (Lipinski definition) is 1. The van der Waals surface area contributed by atoms with E-state index in [-0.39, 0.29) is 11.9 Å². The van der Waals surface area contributed by atoms with Crippen LogP contribution < -0.4 is 10.2 Å². The zero-order valence-corrected chi connectivity index (χ0v) is 12.4. The van der Waals surface area contributed by atoms with E-state index in [4.69, 9.17) is 0 Å². The minimum absolute atomic E-state index is 0.0718. The van der Waals surface area contributed by atoms with Gasteiger partial charge in [0, 0.05) is 19.3 Å². The molecule has 0 aliphatic heterocycles. The van der Waals surface area contributed by atoms with E-state index >= 15 is 0 Å². The molecule has 0 spiro atoms. The van der Waals surface area contributed by atoms with E-state index in [1.807, 2.05) is 31.0 Å². The van der Waals surface area contributed by atoms with Crippen LogP contribution >= 0.6 is 0 Å². The summed E-state index contributed by atoms with van der Waals surface area (Å²) < 4.78 is 0. The fourth-order valence-electron chi connectivity index (χ4n) is 2.19. The number of likely N-dealkylation sites (N-methyl/N-ethyl adjacent to an activating group) is 1. The van der Waals surface area contributed by atoms with Gasteiger partial charge in [0.15, 0.2) is 0 Å². The number of amides is 1. The monoisotopic (exact) mass is 270 g/mol. The van der Waals surface area contributed by atoms with Gasteiger partial charge in [-0.25, -0.2) is 0 Å². The van der Waals surface area contributed by atoms with Crippen LogP contribution in [0.4, 0.5) is 5.69 Å². The third kappa shape index (κ3) is 3.10. The van der Waals surface area contributed by atoms with E-state index in [0.29, 0.717) is 0 Å². The summed E-state index contributed by atoms with van der Waals surface area (Å²) in [7, 11) is 1.96. The van der Waals surface area contributed by atoms with Crippen molar-refractivity contribution in [3.8, 4) is 0 Å². The maximum Gasteiger partial charge on any atom is 0.242 e. The molecule has 0 aliphatic carbocycles. The molecule has 2 rings (SSSR count). The van der Waals surface area contributed by atoms with Crippen molar-refractivity contribution in [3.05, 3.63) is 42.5 Å². The lowest BCUT2D eigenvalue weighted by Gasteiger charge is -2.26. The maximum absolute atomic E-state index is 12.0. The summed E-state index contributed by atoms with van der Waals surface area (Å²) in [5.74, 6) is 0.0718. The van der Waals surface area contributed by atoms with Gasteiger partial charge in [-0.3, -0.25) is 4.79 Å². The number of anilines is 1. The summed E-state index contributed by atoms with van der Waals surface area (Å²) in [6, 6.07) is 14.4. The van der Waals surface area contributed by atoms with Gasteiger partial charge < -0.3 is 10.2 Å². The Morgan fingerprint density at radius 2 is 1.90 bits per heavy atom. The Kier molecular flexibility index (Phi) is 4.61. The Hall–Kier alpha value is -2.03. The Bertz CT molecular complexity index is 594. The molecule has 0 fully saturated rings.